The predicted octanol–water partition coefficient (Wildman–Crippen LogP) is 4.29. The Bertz CT molecular complexity index is 2100. The van der Waals surface area contributed by atoms with Crippen molar-refractivity contribution < 1.29 is 55.9 Å². The third-order valence-electron chi connectivity index (χ3n) is 9.66. The van der Waals surface area contributed by atoms with Gasteiger partial charge in [-0.15, -0.1) is 11.3 Å². The number of sulfonamides is 1. The minimum absolute atomic E-state index is 0.0254. The lowest BCUT2D eigenvalue weighted by Gasteiger charge is -2.33. The van der Waals surface area contributed by atoms with Crippen molar-refractivity contribution in [3.05, 3.63) is 82.8 Å². The zero-order valence-corrected chi connectivity index (χ0v) is 34.0. The monoisotopic (exact) mass is 841 g/mol. The van der Waals surface area contributed by atoms with E-state index in [9.17, 15) is 18.0 Å². The van der Waals surface area contributed by atoms with Crippen molar-refractivity contribution in [2.24, 2.45) is 11.8 Å². The second-order valence-corrected chi connectivity index (χ2v) is 17.5. The molecule has 1 amide bonds. The Hall–Kier alpha value is -4.79. The average molecular weight is 842 g/mol. The fourth-order valence-electron chi connectivity index (χ4n) is 6.87. The Kier molecular flexibility index (Phi) is 13.5. The molecule has 3 aliphatic rings. The first kappa shape index (κ1) is 41.4. The van der Waals surface area contributed by atoms with E-state index < -0.39 is 53.2 Å². The number of carbonyl (C=O) groups is 2. The molecule has 2 fully saturated rings. The largest absolute Gasteiger partial charge is 0.487 e. The first-order valence-electron chi connectivity index (χ1n) is 19.0. The molecule has 19 heteroatoms. The van der Waals surface area contributed by atoms with Crippen LogP contribution in [0.15, 0.2) is 71.5 Å². The Labute approximate surface area is 340 Å². The maximum Gasteiger partial charge on any atom is 0.407 e. The minimum atomic E-state index is -4.22. The van der Waals surface area contributed by atoms with Crippen molar-refractivity contribution in [3.8, 4) is 17.2 Å². The van der Waals surface area contributed by atoms with Gasteiger partial charge in [0.05, 0.1) is 53.6 Å². The van der Waals surface area contributed by atoms with E-state index >= 15 is 0 Å². The molecule has 5 heterocycles. The van der Waals surface area contributed by atoms with Gasteiger partial charge >= 0.3 is 12.1 Å². The lowest BCUT2D eigenvalue weighted by Crippen LogP contribution is -2.53. The molecule has 0 aliphatic carbocycles. The second-order valence-electron chi connectivity index (χ2n) is 14.5. The van der Waals surface area contributed by atoms with Gasteiger partial charge in [-0.05, 0) is 55.5 Å². The number of thiazole rings is 1. The molecule has 1 N–H and O–H groups in total. The van der Waals surface area contributed by atoms with Gasteiger partial charge < -0.3 is 47.8 Å². The summed E-state index contributed by atoms with van der Waals surface area (Å²) in [7, 11) is -4.22. The standard InChI is InChI=1S/C39H47N5O12S2/c1-25(2)16-44(58(47,48)30-8-9-33-34(15-30)54-24-53-33)17-35(55-37(45)20-49-23-43-12-11-40-22-43)32(42-39(46)56-36-19-52-38-31(36)10-13-50-38)14-27-4-6-29(7-5-27)51-18-28-21-57-26(3)41-28/h4-9,11-12,15,21-22,25,31-32,35-36,38H,10,13-14,16-20,23-24H2,1-3H3,(H,42,46)/t31-,32-,35+,36-,38+/m0/s1. The summed E-state index contributed by atoms with van der Waals surface area (Å²) in [6.07, 6.45) is 2.56. The summed E-state index contributed by atoms with van der Waals surface area (Å²) >= 11 is 1.54. The van der Waals surface area contributed by atoms with Crippen LogP contribution in [0.3, 0.4) is 0 Å². The quantitative estimate of drug-likeness (QED) is 0.132. The molecule has 0 spiro atoms. The van der Waals surface area contributed by atoms with Crippen LogP contribution in [0.25, 0.3) is 0 Å². The number of fused-ring (bicyclic) bond motifs is 2. The molecule has 17 nitrogen and oxygen atoms in total. The number of aryl methyl sites for hydroxylation is 1. The first-order valence-corrected chi connectivity index (χ1v) is 21.3. The highest BCUT2D eigenvalue weighted by atomic mass is 32.2. The molecule has 0 saturated carbocycles. The molecule has 312 valence electrons. The van der Waals surface area contributed by atoms with Crippen LogP contribution < -0.4 is 19.5 Å². The number of alkyl carbamates (subject to hydrolysis) is 1. The minimum Gasteiger partial charge on any atom is -0.487 e. The van der Waals surface area contributed by atoms with Crippen LogP contribution >= 0.6 is 11.3 Å². The third kappa shape index (κ3) is 10.6. The smallest absolute Gasteiger partial charge is 0.407 e. The van der Waals surface area contributed by atoms with E-state index in [0.717, 1.165) is 16.3 Å². The van der Waals surface area contributed by atoms with Crippen LogP contribution in [-0.2, 0) is 58.3 Å². The number of rotatable bonds is 19. The van der Waals surface area contributed by atoms with Gasteiger partial charge in [-0.25, -0.2) is 28.0 Å². The number of hydrogen-bond acceptors (Lipinski definition) is 15. The van der Waals surface area contributed by atoms with E-state index in [0.29, 0.717) is 36.9 Å². The van der Waals surface area contributed by atoms with Gasteiger partial charge in [-0.3, -0.25) is 0 Å². The van der Waals surface area contributed by atoms with Gasteiger partial charge in [0.15, 0.2) is 17.8 Å². The molecule has 0 unspecified atom stereocenters. The molecule has 0 bridgehead atoms. The summed E-state index contributed by atoms with van der Waals surface area (Å²) in [5, 5.41) is 5.80. The zero-order chi connectivity index (χ0) is 40.6. The molecule has 2 aromatic carbocycles. The number of aromatic nitrogens is 3. The molecule has 58 heavy (non-hydrogen) atoms. The number of imidazole rings is 1. The van der Waals surface area contributed by atoms with Gasteiger partial charge in [0.2, 0.25) is 16.8 Å². The summed E-state index contributed by atoms with van der Waals surface area (Å²) in [5.74, 6) is 0.290. The average Bonchev–Trinajstić information content (AvgIpc) is 4.05. The Morgan fingerprint density at radius 1 is 1.09 bits per heavy atom. The lowest BCUT2D eigenvalue weighted by atomic mass is 10.0. The first-order chi connectivity index (χ1) is 28.0. The highest BCUT2D eigenvalue weighted by Crippen LogP contribution is 2.35. The van der Waals surface area contributed by atoms with Crippen molar-refractivity contribution in [2.45, 2.75) is 76.4 Å². The van der Waals surface area contributed by atoms with Crippen molar-refractivity contribution in [3.63, 3.8) is 0 Å². The number of carbonyl (C=O) groups excluding carboxylic acids is 2. The van der Waals surface area contributed by atoms with E-state index in [1.807, 2.05) is 38.3 Å². The van der Waals surface area contributed by atoms with E-state index in [1.165, 1.54) is 28.8 Å². The number of ether oxygens (including phenoxy) is 8. The molecule has 2 aromatic heterocycles. The topological polar surface area (TPSA) is 188 Å². The SMILES string of the molecule is Cc1nc(COc2ccc(C[C@H](NC(=O)O[C@H]3CO[C@H]4OCC[C@H]43)[C@@H](CN(CC(C)C)S(=O)(=O)c3ccc4c(c3)OCO4)OC(=O)COCn3ccnc3)cc2)cs1. The van der Waals surface area contributed by atoms with Gasteiger partial charge in [-0.2, -0.15) is 4.31 Å². The van der Waals surface area contributed by atoms with Gasteiger partial charge in [0.1, 0.15) is 37.9 Å². The molecule has 3 aliphatic heterocycles. The van der Waals surface area contributed by atoms with Crippen LogP contribution in [0.1, 0.15) is 36.5 Å². The van der Waals surface area contributed by atoms with E-state index in [2.05, 4.69) is 15.3 Å². The number of hydrogen-bond donors (Lipinski definition) is 1. The maximum atomic E-state index is 14.4. The highest BCUT2D eigenvalue weighted by Gasteiger charge is 2.44. The number of nitrogens with zero attached hydrogens (tertiary/aromatic N) is 4. The van der Waals surface area contributed by atoms with Crippen molar-refractivity contribution in [1.82, 2.24) is 24.2 Å². The van der Waals surface area contributed by atoms with Crippen LogP contribution in [0, 0.1) is 18.8 Å². The molecule has 2 saturated heterocycles. The van der Waals surface area contributed by atoms with Crippen LogP contribution in [0.5, 0.6) is 17.2 Å². The molecule has 4 aromatic rings. The Morgan fingerprint density at radius 3 is 2.67 bits per heavy atom. The number of nitrogens with one attached hydrogen (secondary N) is 1. The van der Waals surface area contributed by atoms with Gasteiger partial charge in [-0.1, -0.05) is 26.0 Å². The fourth-order valence-corrected chi connectivity index (χ4v) is 9.09. The van der Waals surface area contributed by atoms with E-state index in [-0.39, 0.29) is 56.4 Å². The Morgan fingerprint density at radius 2 is 1.91 bits per heavy atom. The van der Waals surface area contributed by atoms with Gasteiger partial charge in [0.25, 0.3) is 0 Å². The summed E-state index contributed by atoms with van der Waals surface area (Å²) in [6, 6.07) is 10.6. The van der Waals surface area contributed by atoms with Crippen molar-refractivity contribution in [1.29, 1.82) is 0 Å². The summed E-state index contributed by atoms with van der Waals surface area (Å²) in [6.45, 7) is 5.91. The summed E-state index contributed by atoms with van der Waals surface area (Å²) in [5.41, 5.74) is 1.56. The van der Waals surface area contributed by atoms with E-state index in [1.54, 1.807) is 40.4 Å². The Balaban J connectivity index is 1.16. The summed E-state index contributed by atoms with van der Waals surface area (Å²) < 4.78 is 77.5. The predicted molar refractivity (Wildman–Crippen MR) is 207 cm³/mol. The maximum absolute atomic E-state index is 14.4. The lowest BCUT2D eigenvalue weighted by molar-refractivity contribution is -0.158. The molecule has 0 radical (unpaired) electrons. The van der Waals surface area contributed by atoms with Crippen molar-refractivity contribution in [2.75, 3.05) is 39.7 Å². The molecular formula is C39H47N5O12S2. The molecule has 7 rings (SSSR count). The third-order valence-corrected chi connectivity index (χ3v) is 12.3. The van der Waals surface area contributed by atoms with E-state index in [4.69, 9.17) is 37.9 Å². The highest BCUT2D eigenvalue weighted by molar-refractivity contribution is 7.89. The van der Waals surface area contributed by atoms with Crippen LogP contribution in [0.4, 0.5) is 4.79 Å². The van der Waals surface area contributed by atoms with Gasteiger partial charge in [0, 0.05) is 30.4 Å². The number of benzene rings is 2. The zero-order valence-electron chi connectivity index (χ0n) is 32.4. The van der Waals surface area contributed by atoms with Crippen molar-refractivity contribution >= 4 is 33.4 Å². The number of esters is 1. The van der Waals surface area contributed by atoms with Crippen LogP contribution in [0.2, 0.25) is 0 Å². The summed E-state index contributed by atoms with van der Waals surface area (Å²) in [4.78, 5) is 35.7. The molecular weight excluding hydrogens is 795 g/mol. The number of amides is 1. The van der Waals surface area contributed by atoms with Crippen LogP contribution in [-0.4, -0.2) is 104 Å². The normalized spacial score (nSPS) is 19.6. The second kappa shape index (κ2) is 18.9. The molecule has 5 atom stereocenters. The fraction of sp³-hybridized carbons (Fsp3) is 0.487.